The minimum atomic E-state index is -3.19. The van der Waals surface area contributed by atoms with E-state index in [1.165, 1.54) is 6.26 Å². The Kier molecular flexibility index (Phi) is 6.97. The summed E-state index contributed by atoms with van der Waals surface area (Å²) < 4.78 is 41.4. The molecule has 1 aliphatic carbocycles. The van der Waals surface area contributed by atoms with Crippen molar-refractivity contribution in [2.75, 3.05) is 6.26 Å². The van der Waals surface area contributed by atoms with Crippen LogP contribution in [0.15, 0.2) is 29.2 Å². The molecule has 2 atom stereocenters. The maximum Gasteiger partial charge on any atom is 0.410 e. The molecule has 0 aromatic heterocycles. The Labute approximate surface area is 197 Å². The van der Waals surface area contributed by atoms with E-state index in [1.807, 2.05) is 25.7 Å². The van der Waals surface area contributed by atoms with E-state index in [9.17, 15) is 13.2 Å². The average Bonchev–Trinajstić information content (AvgIpc) is 2.99. The van der Waals surface area contributed by atoms with E-state index < -0.39 is 15.4 Å². The number of fused-ring (bicyclic) bond motifs is 2. The Morgan fingerprint density at radius 1 is 0.879 bits per heavy atom. The summed E-state index contributed by atoms with van der Waals surface area (Å²) in [5.41, 5.74) is -0.472. The molecule has 2 bridgehead atoms. The molecule has 7 nitrogen and oxygen atoms in total. The van der Waals surface area contributed by atoms with Crippen LogP contribution in [0.3, 0.4) is 0 Å². The van der Waals surface area contributed by atoms with Crippen LogP contribution >= 0.6 is 0 Å². The lowest BCUT2D eigenvalue weighted by Crippen LogP contribution is -2.50. The number of nitrogens with zero attached hydrogens (tertiary/aromatic N) is 1. The summed E-state index contributed by atoms with van der Waals surface area (Å²) in [7, 11) is -3.19. The molecular weight excluding hydrogens is 442 g/mol. The van der Waals surface area contributed by atoms with Gasteiger partial charge in [0.25, 0.3) is 0 Å². The zero-order valence-electron chi connectivity index (χ0n) is 20.2. The topological polar surface area (TPSA) is 82.1 Å². The Balaban J connectivity index is 1.23. The van der Waals surface area contributed by atoms with Gasteiger partial charge in [0.2, 0.25) is 0 Å². The lowest BCUT2D eigenvalue weighted by molar-refractivity contribution is -0.0812. The number of carbonyl (C=O) groups is 1. The highest BCUT2D eigenvalue weighted by molar-refractivity contribution is 7.90. The van der Waals surface area contributed by atoms with Gasteiger partial charge in [0.15, 0.2) is 9.84 Å². The second-order valence-corrected chi connectivity index (χ2v) is 12.8. The van der Waals surface area contributed by atoms with Gasteiger partial charge >= 0.3 is 6.09 Å². The summed E-state index contributed by atoms with van der Waals surface area (Å²) in [5.74, 6) is 0.706. The largest absolute Gasteiger partial charge is 0.490 e. The molecule has 184 valence electrons. The minimum absolute atomic E-state index is 0.124. The van der Waals surface area contributed by atoms with E-state index in [4.69, 9.17) is 14.2 Å². The monoisotopic (exact) mass is 479 g/mol. The van der Waals surface area contributed by atoms with Crippen molar-refractivity contribution in [3.8, 4) is 5.75 Å². The Hall–Kier alpha value is -1.80. The average molecular weight is 480 g/mol. The summed E-state index contributed by atoms with van der Waals surface area (Å²) in [6.07, 6.45) is 9.16. The van der Waals surface area contributed by atoms with Crippen molar-refractivity contribution in [3.05, 3.63) is 24.3 Å². The SMILES string of the molecule is CC(C)(C)OC(=O)N1[C@H]2CC[C@H]1CC(OC1CCC(Oc3ccc(S(C)(=O)=O)cc3)CC1)C2. The molecule has 1 aromatic rings. The second-order valence-electron chi connectivity index (χ2n) is 10.8. The molecule has 0 unspecified atom stereocenters. The van der Waals surface area contributed by atoms with Crippen molar-refractivity contribution in [2.24, 2.45) is 0 Å². The third-order valence-electron chi connectivity index (χ3n) is 6.85. The molecule has 1 amide bonds. The Morgan fingerprint density at radius 3 is 1.94 bits per heavy atom. The Morgan fingerprint density at radius 2 is 1.42 bits per heavy atom. The van der Waals surface area contributed by atoms with Crippen molar-refractivity contribution in [2.45, 2.75) is 113 Å². The van der Waals surface area contributed by atoms with Gasteiger partial charge in [-0.1, -0.05) is 0 Å². The van der Waals surface area contributed by atoms with Crippen LogP contribution in [0.5, 0.6) is 5.75 Å². The number of rotatable bonds is 5. The molecule has 0 radical (unpaired) electrons. The van der Waals surface area contributed by atoms with Crippen molar-refractivity contribution >= 4 is 15.9 Å². The third kappa shape index (κ3) is 6.21. The summed E-state index contributed by atoms with van der Waals surface area (Å²) in [6.45, 7) is 5.73. The molecule has 0 spiro atoms. The van der Waals surface area contributed by atoms with Crippen molar-refractivity contribution in [1.29, 1.82) is 0 Å². The van der Waals surface area contributed by atoms with Gasteiger partial charge in [-0.05, 0) is 96.4 Å². The first-order valence-electron chi connectivity index (χ1n) is 12.1. The van der Waals surface area contributed by atoms with Crippen LogP contribution in [-0.2, 0) is 19.3 Å². The fourth-order valence-corrected chi connectivity index (χ4v) is 6.00. The van der Waals surface area contributed by atoms with Crippen molar-refractivity contribution < 1.29 is 27.4 Å². The predicted molar refractivity (Wildman–Crippen MR) is 125 cm³/mol. The van der Waals surface area contributed by atoms with Gasteiger partial charge in [0, 0.05) is 18.3 Å². The zero-order valence-corrected chi connectivity index (χ0v) is 21.0. The minimum Gasteiger partial charge on any atom is -0.490 e. The number of hydrogen-bond acceptors (Lipinski definition) is 6. The molecule has 2 saturated heterocycles. The normalized spacial score (nSPS) is 30.2. The highest BCUT2D eigenvalue weighted by Gasteiger charge is 2.45. The summed E-state index contributed by atoms with van der Waals surface area (Å²) in [6, 6.07) is 7.09. The van der Waals surface area contributed by atoms with E-state index in [0.29, 0.717) is 10.6 Å². The smallest absolute Gasteiger partial charge is 0.410 e. The van der Waals surface area contributed by atoms with Crippen molar-refractivity contribution in [1.82, 2.24) is 4.90 Å². The Bertz CT molecular complexity index is 917. The van der Waals surface area contributed by atoms with E-state index in [1.54, 1.807) is 24.3 Å². The number of hydrogen-bond donors (Lipinski definition) is 0. The molecular formula is C25H37NO6S. The van der Waals surface area contributed by atoms with E-state index in [-0.39, 0.29) is 36.5 Å². The van der Waals surface area contributed by atoms with Gasteiger partial charge in [-0.25, -0.2) is 13.2 Å². The maximum absolute atomic E-state index is 12.6. The van der Waals surface area contributed by atoms with Crippen LogP contribution in [0.4, 0.5) is 4.79 Å². The fraction of sp³-hybridized carbons (Fsp3) is 0.720. The van der Waals surface area contributed by atoms with Gasteiger partial charge < -0.3 is 19.1 Å². The lowest BCUT2D eigenvalue weighted by atomic mass is 9.93. The van der Waals surface area contributed by atoms with Gasteiger partial charge in [-0.2, -0.15) is 0 Å². The number of ether oxygens (including phenoxy) is 3. The first-order valence-corrected chi connectivity index (χ1v) is 14.0. The summed E-state index contributed by atoms with van der Waals surface area (Å²) in [5, 5.41) is 0. The van der Waals surface area contributed by atoms with Crippen LogP contribution in [0.1, 0.15) is 72.1 Å². The molecule has 1 aromatic carbocycles. The number of amides is 1. The predicted octanol–water partition coefficient (Wildman–Crippen LogP) is 4.73. The van der Waals surface area contributed by atoms with Crippen LogP contribution in [0.25, 0.3) is 0 Å². The molecule has 3 aliphatic rings. The summed E-state index contributed by atoms with van der Waals surface area (Å²) >= 11 is 0. The zero-order chi connectivity index (χ0) is 23.8. The van der Waals surface area contributed by atoms with Crippen LogP contribution in [0.2, 0.25) is 0 Å². The molecule has 33 heavy (non-hydrogen) atoms. The molecule has 8 heteroatoms. The van der Waals surface area contributed by atoms with E-state index >= 15 is 0 Å². The molecule has 2 aliphatic heterocycles. The van der Waals surface area contributed by atoms with Gasteiger partial charge in [-0.15, -0.1) is 0 Å². The second kappa shape index (κ2) is 9.45. The van der Waals surface area contributed by atoms with E-state index in [2.05, 4.69) is 0 Å². The van der Waals surface area contributed by atoms with Crippen LogP contribution in [0, 0.1) is 0 Å². The number of sulfone groups is 1. The lowest BCUT2D eigenvalue weighted by Gasteiger charge is -2.41. The highest BCUT2D eigenvalue weighted by atomic mass is 32.2. The van der Waals surface area contributed by atoms with E-state index in [0.717, 1.165) is 51.4 Å². The standard InChI is InChI=1S/C25H37NO6S/c1-25(2,3)32-24(27)26-17-5-6-18(26)16-22(15-17)31-20-9-7-19(8-10-20)30-21-11-13-23(14-12-21)33(4,28)29/h11-14,17-20,22H,5-10,15-16H2,1-4H3/t17-,18-,19?,20?/m0/s1. The number of piperidine rings is 1. The fourth-order valence-electron chi connectivity index (χ4n) is 5.37. The highest BCUT2D eigenvalue weighted by Crippen LogP contribution is 2.39. The number of carbonyl (C=O) groups excluding carboxylic acids is 1. The van der Waals surface area contributed by atoms with Crippen molar-refractivity contribution in [3.63, 3.8) is 0 Å². The van der Waals surface area contributed by atoms with Crippen LogP contribution < -0.4 is 4.74 Å². The molecule has 3 fully saturated rings. The summed E-state index contributed by atoms with van der Waals surface area (Å²) in [4.78, 5) is 14.9. The van der Waals surface area contributed by atoms with Gasteiger partial charge in [-0.3, -0.25) is 0 Å². The van der Waals surface area contributed by atoms with Gasteiger partial charge in [0.05, 0.1) is 23.2 Å². The first kappa shape index (κ1) is 24.3. The number of benzene rings is 1. The molecule has 1 saturated carbocycles. The first-order chi connectivity index (χ1) is 15.5. The maximum atomic E-state index is 12.6. The molecule has 4 rings (SSSR count). The third-order valence-corrected chi connectivity index (χ3v) is 7.98. The quantitative estimate of drug-likeness (QED) is 0.607. The van der Waals surface area contributed by atoms with Gasteiger partial charge in [0.1, 0.15) is 11.4 Å². The molecule has 2 heterocycles. The van der Waals surface area contributed by atoms with Crippen LogP contribution in [-0.4, -0.2) is 61.7 Å². The molecule has 0 N–H and O–H groups in total.